The zero-order valence-electron chi connectivity index (χ0n) is 22.2. The second-order valence-electron chi connectivity index (χ2n) is 11.7. The van der Waals surface area contributed by atoms with Crippen molar-refractivity contribution in [3.63, 3.8) is 0 Å². The first-order valence-corrected chi connectivity index (χ1v) is 12.4. The van der Waals surface area contributed by atoms with Crippen molar-refractivity contribution in [1.82, 2.24) is 4.90 Å². The van der Waals surface area contributed by atoms with E-state index in [0.29, 0.717) is 16.7 Å². The van der Waals surface area contributed by atoms with E-state index in [9.17, 15) is 39.9 Å². The van der Waals surface area contributed by atoms with E-state index in [1.165, 1.54) is 19.0 Å². The number of ketones is 2. The van der Waals surface area contributed by atoms with E-state index in [4.69, 9.17) is 11.5 Å². The van der Waals surface area contributed by atoms with Gasteiger partial charge < -0.3 is 37.0 Å². The number of carbonyl (C=O) groups excluding carboxylic acids is 3. The van der Waals surface area contributed by atoms with Gasteiger partial charge in [0.1, 0.15) is 22.8 Å². The standard InChI is InChI=1S/C27H35N3O8/c1-9-12-10(8-28)7-11(26(2,3)4)19(31)14(12)20(32)15-13(9)21(33)17-18(30(5)6)22(34)16(25(29)37)24(36)27(17,38)23(15)35/h7,9,13,17-18,21,31,33-35,38H,8,28H2,1-6H3,(H2,29,37)/t9-,13+,17+,18-,21-,27-/m0/s1. The SMILES string of the molecule is C[C@H]1c2c(CN)cc(C(C)(C)C)c(O)c2C(=O)C2=C(O)[C@]3(O)C(=O)C(C(N)=O)=C(O)[C@@H](N(C)C)[C@@H]3[C@@H](O)[C@@H]21. The molecule has 9 N–H and O–H groups in total. The van der Waals surface area contributed by atoms with Crippen LogP contribution in [0.3, 0.4) is 0 Å². The Bertz CT molecular complexity index is 1340. The molecule has 1 aromatic rings. The second-order valence-corrected chi connectivity index (χ2v) is 11.7. The molecule has 0 aliphatic heterocycles. The van der Waals surface area contributed by atoms with Crippen molar-refractivity contribution in [2.75, 3.05) is 14.1 Å². The van der Waals surface area contributed by atoms with Crippen molar-refractivity contribution in [3.05, 3.63) is 51.0 Å². The molecule has 0 saturated carbocycles. The summed E-state index contributed by atoms with van der Waals surface area (Å²) < 4.78 is 0. The highest BCUT2D eigenvalue weighted by Gasteiger charge is 2.67. The van der Waals surface area contributed by atoms with Crippen LogP contribution in [0.25, 0.3) is 0 Å². The number of aromatic hydroxyl groups is 1. The molecule has 0 saturated heterocycles. The number of phenols is 1. The number of Topliss-reactive ketones (excluding diaryl/α,β-unsaturated/α-hetero) is 2. The molecule has 38 heavy (non-hydrogen) atoms. The number of primary amides is 1. The topological polar surface area (TPSA) is 208 Å². The minimum atomic E-state index is -2.95. The number of carbonyl (C=O) groups is 3. The zero-order valence-corrected chi connectivity index (χ0v) is 22.2. The van der Waals surface area contributed by atoms with Gasteiger partial charge in [-0.25, -0.2) is 0 Å². The Morgan fingerprint density at radius 1 is 1.16 bits per heavy atom. The molecule has 0 heterocycles. The minimum absolute atomic E-state index is 0.0226. The molecule has 0 aromatic heterocycles. The number of amides is 1. The van der Waals surface area contributed by atoms with Crippen LogP contribution >= 0.6 is 0 Å². The Hall–Kier alpha value is -3.25. The van der Waals surface area contributed by atoms with Crippen LogP contribution in [-0.4, -0.2) is 79.7 Å². The number of hydrogen-bond donors (Lipinski definition) is 7. The van der Waals surface area contributed by atoms with Crippen molar-refractivity contribution < 1.29 is 39.9 Å². The lowest BCUT2D eigenvalue weighted by molar-refractivity contribution is -0.162. The predicted octanol–water partition coefficient (Wildman–Crippen LogP) is 0.409. The number of hydrogen-bond acceptors (Lipinski definition) is 10. The summed E-state index contributed by atoms with van der Waals surface area (Å²) >= 11 is 0. The smallest absolute Gasteiger partial charge is 0.255 e. The van der Waals surface area contributed by atoms with Gasteiger partial charge in [-0.2, -0.15) is 0 Å². The van der Waals surface area contributed by atoms with E-state index in [1.54, 1.807) is 13.0 Å². The highest BCUT2D eigenvalue weighted by atomic mass is 16.4. The van der Waals surface area contributed by atoms with Crippen LogP contribution in [0.5, 0.6) is 5.75 Å². The van der Waals surface area contributed by atoms with E-state index < -0.39 is 81.1 Å². The summed E-state index contributed by atoms with van der Waals surface area (Å²) in [5.74, 6) is -9.16. The van der Waals surface area contributed by atoms with Gasteiger partial charge in [-0.3, -0.25) is 19.3 Å². The van der Waals surface area contributed by atoms with Crippen molar-refractivity contribution in [1.29, 1.82) is 0 Å². The lowest BCUT2D eigenvalue weighted by atomic mass is 9.54. The Labute approximate surface area is 220 Å². The van der Waals surface area contributed by atoms with E-state index in [0.717, 1.165) is 0 Å². The fraction of sp³-hybridized carbons (Fsp3) is 0.519. The van der Waals surface area contributed by atoms with E-state index in [1.807, 2.05) is 20.8 Å². The summed E-state index contributed by atoms with van der Waals surface area (Å²) in [6.45, 7) is 7.24. The Morgan fingerprint density at radius 3 is 2.21 bits per heavy atom. The third-order valence-corrected chi connectivity index (χ3v) is 8.34. The summed E-state index contributed by atoms with van der Waals surface area (Å²) in [6, 6.07) is 0.409. The first-order chi connectivity index (χ1) is 17.4. The maximum absolute atomic E-state index is 14.0. The highest BCUT2D eigenvalue weighted by Crippen LogP contribution is 2.56. The van der Waals surface area contributed by atoms with Gasteiger partial charge >= 0.3 is 0 Å². The van der Waals surface area contributed by atoms with Gasteiger partial charge in [-0.15, -0.1) is 0 Å². The van der Waals surface area contributed by atoms with Crippen LogP contribution in [0.1, 0.15) is 60.7 Å². The highest BCUT2D eigenvalue weighted by molar-refractivity contribution is 6.25. The molecule has 0 fully saturated rings. The molecular weight excluding hydrogens is 494 g/mol. The van der Waals surface area contributed by atoms with Crippen molar-refractivity contribution >= 4 is 17.5 Å². The first-order valence-electron chi connectivity index (χ1n) is 12.4. The van der Waals surface area contributed by atoms with Gasteiger partial charge in [0.2, 0.25) is 5.78 Å². The number of nitrogens with zero attached hydrogens (tertiary/aromatic N) is 1. The van der Waals surface area contributed by atoms with Crippen molar-refractivity contribution in [2.24, 2.45) is 23.3 Å². The van der Waals surface area contributed by atoms with Crippen LogP contribution in [0.4, 0.5) is 0 Å². The lowest BCUT2D eigenvalue weighted by Gasteiger charge is -2.53. The minimum Gasteiger partial charge on any atom is -0.510 e. The molecule has 0 unspecified atom stereocenters. The zero-order chi connectivity index (χ0) is 28.8. The fourth-order valence-electron chi connectivity index (χ4n) is 6.62. The Balaban J connectivity index is 2.10. The van der Waals surface area contributed by atoms with E-state index in [2.05, 4.69) is 0 Å². The quantitative estimate of drug-likeness (QED) is 0.268. The number of benzene rings is 1. The lowest BCUT2D eigenvalue weighted by Crippen LogP contribution is -2.68. The maximum atomic E-state index is 14.0. The van der Waals surface area contributed by atoms with Gasteiger partial charge in [0.15, 0.2) is 11.4 Å². The van der Waals surface area contributed by atoms with Crippen LogP contribution in [0.2, 0.25) is 0 Å². The van der Waals surface area contributed by atoms with Gasteiger partial charge in [0.25, 0.3) is 5.91 Å². The molecule has 6 atom stereocenters. The first kappa shape index (κ1) is 27.8. The molecule has 11 heteroatoms. The average molecular weight is 530 g/mol. The summed E-state index contributed by atoms with van der Waals surface area (Å²) in [4.78, 5) is 41.0. The van der Waals surface area contributed by atoms with Crippen LogP contribution in [0.15, 0.2) is 28.7 Å². The molecule has 206 valence electrons. The second kappa shape index (κ2) is 8.63. The number of aliphatic hydroxyl groups is 4. The maximum Gasteiger partial charge on any atom is 0.255 e. The molecular formula is C27H35N3O8. The van der Waals surface area contributed by atoms with Crippen molar-refractivity contribution in [2.45, 2.75) is 63.3 Å². The van der Waals surface area contributed by atoms with Crippen LogP contribution in [-0.2, 0) is 21.5 Å². The van der Waals surface area contributed by atoms with Gasteiger partial charge in [0.05, 0.1) is 23.6 Å². The van der Waals surface area contributed by atoms with Gasteiger partial charge in [0, 0.05) is 23.6 Å². The summed E-state index contributed by atoms with van der Waals surface area (Å²) in [5.41, 5.74) is 7.76. The number of rotatable bonds is 3. The molecule has 11 nitrogen and oxygen atoms in total. The van der Waals surface area contributed by atoms with Crippen LogP contribution < -0.4 is 11.5 Å². The Morgan fingerprint density at radius 2 is 1.74 bits per heavy atom. The molecule has 4 rings (SSSR count). The number of phenolic OH excluding ortho intramolecular Hbond substituents is 1. The van der Waals surface area contributed by atoms with Gasteiger partial charge in [-0.1, -0.05) is 27.7 Å². The summed E-state index contributed by atoms with van der Waals surface area (Å²) in [5, 5.41) is 57.1. The summed E-state index contributed by atoms with van der Waals surface area (Å²) in [6.07, 6.45) is -1.65. The number of aliphatic hydroxyl groups excluding tert-OH is 3. The molecule has 1 aromatic carbocycles. The number of nitrogens with two attached hydrogens (primary N) is 2. The predicted molar refractivity (Wildman–Crippen MR) is 136 cm³/mol. The molecule has 0 spiro atoms. The number of fused-ring (bicyclic) bond motifs is 3. The average Bonchev–Trinajstić information content (AvgIpc) is 2.80. The molecule has 1 amide bonds. The largest absolute Gasteiger partial charge is 0.510 e. The summed E-state index contributed by atoms with van der Waals surface area (Å²) in [7, 11) is 2.98. The normalized spacial score (nSPS) is 31.4. The monoisotopic (exact) mass is 529 g/mol. The molecule has 3 aliphatic carbocycles. The fourth-order valence-corrected chi connectivity index (χ4v) is 6.62. The molecule has 3 aliphatic rings. The third kappa shape index (κ3) is 3.39. The van der Waals surface area contributed by atoms with E-state index >= 15 is 0 Å². The van der Waals surface area contributed by atoms with Crippen LogP contribution in [0, 0.1) is 11.8 Å². The number of likely N-dealkylation sites (N-methyl/N-ethyl adjacent to an activating group) is 1. The van der Waals surface area contributed by atoms with Gasteiger partial charge in [-0.05, 0) is 42.6 Å². The Kier molecular flexibility index (Phi) is 6.31. The molecule has 0 bridgehead atoms. The van der Waals surface area contributed by atoms with Crippen molar-refractivity contribution in [3.8, 4) is 5.75 Å². The molecule has 0 radical (unpaired) electrons. The van der Waals surface area contributed by atoms with E-state index in [-0.39, 0.29) is 17.9 Å². The third-order valence-electron chi connectivity index (χ3n) is 8.34.